The minimum atomic E-state index is -2.95. The largest absolute Gasteiger partial charge is 0.353 e. The van der Waals surface area contributed by atoms with Crippen molar-refractivity contribution in [2.45, 2.75) is 33.2 Å². The molecule has 0 aliphatic carbocycles. The highest BCUT2D eigenvalue weighted by molar-refractivity contribution is 7.91. The van der Waals surface area contributed by atoms with Gasteiger partial charge in [0.2, 0.25) is 0 Å². The Hall–Kier alpha value is -1.86. The monoisotopic (exact) mass is 394 g/mol. The van der Waals surface area contributed by atoms with Gasteiger partial charge in [-0.05, 0) is 44.9 Å². The van der Waals surface area contributed by atoms with E-state index < -0.39 is 9.84 Å². The zero-order valence-corrected chi connectivity index (χ0v) is 16.7. The minimum absolute atomic E-state index is 0.0416. The van der Waals surface area contributed by atoms with Crippen LogP contribution in [0.5, 0.6) is 0 Å². The van der Waals surface area contributed by atoms with Gasteiger partial charge in [0.05, 0.1) is 11.5 Å². The summed E-state index contributed by atoms with van der Waals surface area (Å²) >= 11 is 6.09. The molecule has 140 valence electrons. The van der Waals surface area contributed by atoms with Gasteiger partial charge < -0.3 is 10.2 Å². The topological polar surface area (TPSA) is 75.2 Å². The maximum Gasteiger partial charge on any atom is 0.152 e. The Kier molecular flexibility index (Phi) is 5.39. The van der Waals surface area contributed by atoms with E-state index in [4.69, 9.17) is 11.6 Å². The van der Waals surface area contributed by atoms with Gasteiger partial charge in [0.1, 0.15) is 17.5 Å². The van der Waals surface area contributed by atoms with Gasteiger partial charge in [-0.1, -0.05) is 17.7 Å². The first-order valence-electron chi connectivity index (χ1n) is 8.63. The SMILES string of the molecule is CCN(c1cc(Nc2cc(Cl)ccc2C)nc(C)n1)C1CCS(=O)(=O)C1. The van der Waals surface area contributed by atoms with Gasteiger partial charge in [0.25, 0.3) is 0 Å². The summed E-state index contributed by atoms with van der Waals surface area (Å²) in [4.78, 5) is 11.0. The summed E-state index contributed by atoms with van der Waals surface area (Å²) in [6, 6.07) is 7.47. The van der Waals surface area contributed by atoms with E-state index in [2.05, 4.69) is 20.2 Å². The first kappa shape index (κ1) is 18.9. The van der Waals surface area contributed by atoms with Crippen LogP contribution in [-0.2, 0) is 9.84 Å². The second kappa shape index (κ2) is 7.40. The molecule has 1 aromatic heterocycles. The fourth-order valence-electron chi connectivity index (χ4n) is 3.26. The molecule has 1 unspecified atom stereocenters. The van der Waals surface area contributed by atoms with Crippen LogP contribution in [0.2, 0.25) is 5.02 Å². The van der Waals surface area contributed by atoms with E-state index in [0.29, 0.717) is 29.6 Å². The number of aromatic nitrogens is 2. The standard InChI is InChI=1S/C18H23ClN4O2S/c1-4-23(15-7-8-26(24,25)11-15)18-10-17(20-13(3)21-18)22-16-9-14(19)6-5-12(16)2/h5-6,9-10,15H,4,7-8,11H2,1-3H3,(H,20,21,22). The maximum atomic E-state index is 11.9. The molecule has 2 heterocycles. The number of nitrogens with one attached hydrogen (secondary N) is 1. The first-order chi connectivity index (χ1) is 12.3. The number of nitrogens with zero attached hydrogens (tertiary/aromatic N) is 3. The molecule has 8 heteroatoms. The van der Waals surface area contributed by atoms with Crippen molar-refractivity contribution in [1.82, 2.24) is 9.97 Å². The second-order valence-electron chi connectivity index (χ2n) is 6.59. The van der Waals surface area contributed by atoms with E-state index in [1.165, 1.54) is 0 Å². The average molecular weight is 395 g/mol. The summed E-state index contributed by atoms with van der Waals surface area (Å²) in [6.45, 7) is 6.52. The van der Waals surface area contributed by atoms with E-state index in [0.717, 1.165) is 17.1 Å². The van der Waals surface area contributed by atoms with E-state index >= 15 is 0 Å². The van der Waals surface area contributed by atoms with Crippen LogP contribution in [-0.4, -0.2) is 42.5 Å². The summed E-state index contributed by atoms with van der Waals surface area (Å²) in [7, 11) is -2.95. The van der Waals surface area contributed by atoms with Crippen molar-refractivity contribution >= 4 is 38.8 Å². The Morgan fingerprint density at radius 2 is 2.04 bits per heavy atom. The molecular weight excluding hydrogens is 372 g/mol. The Labute approximate surface area is 159 Å². The fraction of sp³-hybridized carbons (Fsp3) is 0.444. The van der Waals surface area contributed by atoms with E-state index in [9.17, 15) is 8.42 Å². The lowest BCUT2D eigenvalue weighted by atomic mass is 10.2. The summed E-state index contributed by atoms with van der Waals surface area (Å²) < 4.78 is 23.7. The molecule has 1 aliphatic rings. The summed E-state index contributed by atoms with van der Waals surface area (Å²) in [5.74, 6) is 2.45. The van der Waals surface area contributed by atoms with Crippen molar-refractivity contribution in [3.05, 3.63) is 40.7 Å². The number of hydrogen-bond donors (Lipinski definition) is 1. The zero-order chi connectivity index (χ0) is 18.9. The quantitative estimate of drug-likeness (QED) is 0.836. The molecule has 0 amide bonds. The van der Waals surface area contributed by atoms with Gasteiger partial charge in [-0.25, -0.2) is 18.4 Å². The average Bonchev–Trinajstić information content (AvgIpc) is 2.91. The fourth-order valence-corrected chi connectivity index (χ4v) is 5.16. The highest BCUT2D eigenvalue weighted by Crippen LogP contribution is 2.27. The molecule has 0 spiro atoms. The van der Waals surface area contributed by atoms with Gasteiger partial charge in [0, 0.05) is 29.4 Å². The molecule has 3 rings (SSSR count). The number of sulfone groups is 1. The van der Waals surface area contributed by atoms with Gasteiger partial charge in [-0.15, -0.1) is 0 Å². The Morgan fingerprint density at radius 1 is 1.27 bits per heavy atom. The molecule has 1 fully saturated rings. The third kappa shape index (κ3) is 4.27. The van der Waals surface area contributed by atoms with Crippen molar-refractivity contribution < 1.29 is 8.42 Å². The van der Waals surface area contributed by atoms with Crippen LogP contribution in [0.15, 0.2) is 24.3 Å². The van der Waals surface area contributed by atoms with Crippen LogP contribution in [0.25, 0.3) is 0 Å². The summed E-state index contributed by atoms with van der Waals surface area (Å²) in [6.07, 6.45) is 0.634. The normalized spacial score (nSPS) is 18.7. The molecule has 1 N–H and O–H groups in total. The van der Waals surface area contributed by atoms with E-state index in [-0.39, 0.29) is 17.5 Å². The number of hydrogen-bond acceptors (Lipinski definition) is 6. The summed E-state index contributed by atoms with van der Waals surface area (Å²) in [5, 5.41) is 3.95. The number of halogens is 1. The van der Waals surface area contributed by atoms with Crippen LogP contribution < -0.4 is 10.2 Å². The first-order valence-corrected chi connectivity index (χ1v) is 10.8. The molecular formula is C18H23ClN4O2S. The molecule has 6 nitrogen and oxygen atoms in total. The predicted octanol–water partition coefficient (Wildman–Crippen LogP) is 3.50. The number of benzene rings is 1. The van der Waals surface area contributed by atoms with Crippen molar-refractivity contribution in [3.8, 4) is 0 Å². The molecule has 2 aromatic rings. The smallest absolute Gasteiger partial charge is 0.152 e. The molecule has 1 aromatic carbocycles. The Balaban J connectivity index is 1.90. The number of rotatable bonds is 5. The van der Waals surface area contributed by atoms with E-state index in [1.54, 1.807) is 0 Å². The summed E-state index contributed by atoms with van der Waals surface area (Å²) in [5.41, 5.74) is 1.94. The highest BCUT2D eigenvalue weighted by atomic mass is 35.5. The van der Waals surface area contributed by atoms with Crippen molar-refractivity contribution in [3.63, 3.8) is 0 Å². The number of anilines is 3. The van der Waals surface area contributed by atoms with Crippen molar-refractivity contribution in [1.29, 1.82) is 0 Å². The molecule has 0 radical (unpaired) electrons. The second-order valence-corrected chi connectivity index (χ2v) is 9.25. The molecule has 1 aliphatic heterocycles. The van der Waals surface area contributed by atoms with Crippen LogP contribution >= 0.6 is 11.6 Å². The minimum Gasteiger partial charge on any atom is -0.353 e. The molecule has 0 bridgehead atoms. The van der Waals surface area contributed by atoms with Gasteiger partial charge in [-0.3, -0.25) is 0 Å². The van der Waals surface area contributed by atoms with Crippen LogP contribution in [0.4, 0.5) is 17.3 Å². The van der Waals surface area contributed by atoms with Crippen molar-refractivity contribution in [2.75, 3.05) is 28.3 Å². The lowest BCUT2D eigenvalue weighted by Gasteiger charge is -2.28. The predicted molar refractivity (Wildman–Crippen MR) is 106 cm³/mol. The lowest BCUT2D eigenvalue weighted by Crippen LogP contribution is -2.37. The number of aryl methyl sites for hydroxylation is 2. The Morgan fingerprint density at radius 3 is 2.69 bits per heavy atom. The van der Waals surface area contributed by atoms with Gasteiger partial charge in [-0.2, -0.15) is 0 Å². The van der Waals surface area contributed by atoms with Crippen molar-refractivity contribution in [2.24, 2.45) is 0 Å². The zero-order valence-electron chi connectivity index (χ0n) is 15.2. The molecule has 26 heavy (non-hydrogen) atoms. The molecule has 0 saturated carbocycles. The Bertz CT molecular complexity index is 917. The van der Waals surface area contributed by atoms with Gasteiger partial charge >= 0.3 is 0 Å². The van der Waals surface area contributed by atoms with E-state index in [1.807, 2.05) is 45.0 Å². The third-order valence-electron chi connectivity index (χ3n) is 4.57. The molecule has 1 atom stereocenters. The lowest BCUT2D eigenvalue weighted by molar-refractivity contribution is 0.599. The third-order valence-corrected chi connectivity index (χ3v) is 6.56. The van der Waals surface area contributed by atoms with Gasteiger partial charge in [0.15, 0.2) is 9.84 Å². The highest BCUT2D eigenvalue weighted by Gasteiger charge is 2.32. The van der Waals surface area contributed by atoms with Crippen LogP contribution in [0, 0.1) is 13.8 Å². The molecule has 1 saturated heterocycles. The van der Waals surface area contributed by atoms with Crippen LogP contribution in [0.1, 0.15) is 24.7 Å². The van der Waals surface area contributed by atoms with Crippen LogP contribution in [0.3, 0.4) is 0 Å². The maximum absolute atomic E-state index is 11.9.